The van der Waals surface area contributed by atoms with Gasteiger partial charge < -0.3 is 19.7 Å². The number of likely N-dealkylation sites (N-methyl/N-ethyl adjacent to an activating group) is 1. The van der Waals surface area contributed by atoms with Gasteiger partial charge in [0.05, 0.1) is 6.10 Å². The number of hydrogen-bond donors (Lipinski definition) is 1. The van der Waals surface area contributed by atoms with Gasteiger partial charge in [-0.2, -0.15) is 0 Å². The lowest BCUT2D eigenvalue weighted by Gasteiger charge is -2.26. The van der Waals surface area contributed by atoms with Crippen LogP contribution < -0.4 is 10.1 Å². The van der Waals surface area contributed by atoms with Gasteiger partial charge in [-0.15, -0.1) is 0 Å². The molecular formula is C24H34N2O3. The molecule has 1 N–H and O–H groups in total. The summed E-state index contributed by atoms with van der Waals surface area (Å²) < 4.78 is 11.1. The van der Waals surface area contributed by atoms with E-state index >= 15 is 0 Å². The van der Waals surface area contributed by atoms with Crippen LogP contribution in [0.2, 0.25) is 0 Å². The van der Waals surface area contributed by atoms with Crippen LogP contribution in [-0.2, 0) is 17.8 Å². The minimum absolute atomic E-state index is 0.0164. The SMILES string of the molecule is CCN(CC)CC(Cc1ccc(OCc2ccccc2)cc1)NC(=O)OC(C)C. The maximum Gasteiger partial charge on any atom is 0.407 e. The Morgan fingerprint density at radius 3 is 2.21 bits per heavy atom. The zero-order valence-electron chi connectivity index (χ0n) is 18.1. The number of alkyl carbamates (subject to hydrolysis) is 1. The highest BCUT2D eigenvalue weighted by Crippen LogP contribution is 2.16. The van der Waals surface area contributed by atoms with Crippen molar-refractivity contribution in [1.29, 1.82) is 0 Å². The van der Waals surface area contributed by atoms with Crippen molar-refractivity contribution in [3.05, 3.63) is 65.7 Å². The first-order valence-corrected chi connectivity index (χ1v) is 10.4. The highest BCUT2D eigenvalue weighted by Gasteiger charge is 2.17. The Kier molecular flexibility index (Phi) is 9.51. The van der Waals surface area contributed by atoms with E-state index in [2.05, 4.69) is 36.2 Å². The molecule has 29 heavy (non-hydrogen) atoms. The fraction of sp³-hybridized carbons (Fsp3) is 0.458. The van der Waals surface area contributed by atoms with E-state index in [1.807, 2.05) is 56.3 Å². The maximum absolute atomic E-state index is 12.1. The van der Waals surface area contributed by atoms with E-state index in [0.29, 0.717) is 6.61 Å². The molecule has 158 valence electrons. The number of carbonyl (C=O) groups is 1. The quantitative estimate of drug-likeness (QED) is 0.598. The summed E-state index contributed by atoms with van der Waals surface area (Å²) in [5, 5.41) is 3.02. The maximum atomic E-state index is 12.1. The molecule has 0 spiro atoms. The van der Waals surface area contributed by atoms with E-state index in [0.717, 1.165) is 42.9 Å². The highest BCUT2D eigenvalue weighted by atomic mass is 16.6. The van der Waals surface area contributed by atoms with Gasteiger partial charge in [-0.25, -0.2) is 4.79 Å². The molecule has 0 aliphatic heterocycles. The summed E-state index contributed by atoms with van der Waals surface area (Å²) in [6.45, 7) is 11.2. The van der Waals surface area contributed by atoms with Crippen LogP contribution in [-0.4, -0.2) is 42.8 Å². The van der Waals surface area contributed by atoms with Gasteiger partial charge in [0.25, 0.3) is 0 Å². The first kappa shape index (κ1) is 22.8. The summed E-state index contributed by atoms with van der Waals surface area (Å²) >= 11 is 0. The molecule has 0 aliphatic rings. The molecule has 0 saturated heterocycles. The lowest BCUT2D eigenvalue weighted by molar-refractivity contribution is 0.109. The summed E-state index contributed by atoms with van der Waals surface area (Å²) in [7, 11) is 0. The van der Waals surface area contributed by atoms with Gasteiger partial charge in [0, 0.05) is 12.6 Å². The Bertz CT molecular complexity index is 713. The number of benzene rings is 2. The zero-order valence-corrected chi connectivity index (χ0v) is 18.1. The highest BCUT2D eigenvalue weighted by molar-refractivity contribution is 5.67. The van der Waals surface area contributed by atoms with E-state index in [4.69, 9.17) is 9.47 Å². The molecule has 1 amide bonds. The number of nitrogens with zero attached hydrogens (tertiary/aromatic N) is 1. The zero-order chi connectivity index (χ0) is 21.1. The van der Waals surface area contributed by atoms with Crippen LogP contribution in [0.4, 0.5) is 4.79 Å². The van der Waals surface area contributed by atoms with Crippen molar-refractivity contribution in [1.82, 2.24) is 10.2 Å². The molecule has 1 unspecified atom stereocenters. The second-order valence-corrected chi connectivity index (χ2v) is 7.40. The molecule has 1 atom stereocenters. The Balaban J connectivity index is 1.96. The molecule has 5 nitrogen and oxygen atoms in total. The van der Waals surface area contributed by atoms with E-state index < -0.39 is 0 Å². The number of rotatable bonds is 11. The summed E-state index contributed by atoms with van der Waals surface area (Å²) in [4.78, 5) is 14.4. The standard InChI is InChI=1S/C24H34N2O3/c1-5-26(6-2)17-22(25-24(27)29-19(3)4)16-20-12-14-23(15-13-20)28-18-21-10-8-7-9-11-21/h7-15,19,22H,5-6,16-18H2,1-4H3,(H,25,27). The van der Waals surface area contributed by atoms with Crippen molar-refractivity contribution in [3.8, 4) is 5.75 Å². The smallest absolute Gasteiger partial charge is 0.407 e. The van der Waals surface area contributed by atoms with E-state index in [1.165, 1.54) is 0 Å². The summed E-state index contributed by atoms with van der Waals surface area (Å²) in [6, 6.07) is 18.2. The van der Waals surface area contributed by atoms with Crippen molar-refractivity contribution < 1.29 is 14.3 Å². The monoisotopic (exact) mass is 398 g/mol. The van der Waals surface area contributed by atoms with Crippen molar-refractivity contribution >= 4 is 6.09 Å². The Morgan fingerprint density at radius 2 is 1.62 bits per heavy atom. The third-order valence-electron chi connectivity index (χ3n) is 4.69. The van der Waals surface area contributed by atoms with Gasteiger partial charge in [-0.3, -0.25) is 0 Å². The first-order valence-electron chi connectivity index (χ1n) is 10.4. The van der Waals surface area contributed by atoms with Crippen LogP contribution in [0.25, 0.3) is 0 Å². The molecular weight excluding hydrogens is 364 g/mol. The molecule has 2 aromatic carbocycles. The van der Waals surface area contributed by atoms with E-state index in [1.54, 1.807) is 0 Å². The Labute approximate surface area is 175 Å². The second kappa shape index (κ2) is 12.1. The first-order chi connectivity index (χ1) is 14.0. The van der Waals surface area contributed by atoms with Crippen molar-refractivity contribution in [2.24, 2.45) is 0 Å². The van der Waals surface area contributed by atoms with Crippen LogP contribution in [0.1, 0.15) is 38.8 Å². The van der Waals surface area contributed by atoms with Crippen LogP contribution in [0.5, 0.6) is 5.75 Å². The minimum Gasteiger partial charge on any atom is -0.489 e. The van der Waals surface area contributed by atoms with Gasteiger partial charge in [-0.05, 0) is 56.6 Å². The predicted molar refractivity (Wildman–Crippen MR) is 117 cm³/mol. The summed E-state index contributed by atoms with van der Waals surface area (Å²) in [5.41, 5.74) is 2.29. The topological polar surface area (TPSA) is 50.8 Å². The third-order valence-corrected chi connectivity index (χ3v) is 4.69. The fourth-order valence-corrected chi connectivity index (χ4v) is 3.12. The Morgan fingerprint density at radius 1 is 0.966 bits per heavy atom. The third kappa shape index (κ3) is 8.57. The largest absolute Gasteiger partial charge is 0.489 e. The average molecular weight is 399 g/mol. The van der Waals surface area contributed by atoms with E-state index in [-0.39, 0.29) is 18.2 Å². The van der Waals surface area contributed by atoms with Gasteiger partial charge >= 0.3 is 6.09 Å². The molecule has 0 aromatic heterocycles. The molecule has 0 radical (unpaired) electrons. The number of carbonyl (C=O) groups excluding carboxylic acids is 1. The predicted octanol–water partition coefficient (Wildman–Crippen LogP) is 4.65. The number of nitrogens with one attached hydrogen (secondary N) is 1. The number of amides is 1. The molecule has 0 heterocycles. The lowest BCUT2D eigenvalue weighted by atomic mass is 10.1. The van der Waals surface area contributed by atoms with Gasteiger partial charge in [-0.1, -0.05) is 56.3 Å². The van der Waals surface area contributed by atoms with Crippen LogP contribution in [0, 0.1) is 0 Å². The molecule has 0 aliphatic carbocycles. The second-order valence-electron chi connectivity index (χ2n) is 7.40. The van der Waals surface area contributed by atoms with Crippen LogP contribution >= 0.6 is 0 Å². The van der Waals surface area contributed by atoms with Gasteiger partial charge in [0.1, 0.15) is 12.4 Å². The fourth-order valence-electron chi connectivity index (χ4n) is 3.12. The minimum atomic E-state index is -0.361. The van der Waals surface area contributed by atoms with Crippen molar-refractivity contribution in [3.63, 3.8) is 0 Å². The molecule has 5 heteroatoms. The van der Waals surface area contributed by atoms with Crippen LogP contribution in [0.3, 0.4) is 0 Å². The number of ether oxygens (including phenoxy) is 2. The summed E-state index contributed by atoms with van der Waals surface area (Å²) in [6.07, 6.45) is 0.243. The summed E-state index contributed by atoms with van der Waals surface area (Å²) in [5.74, 6) is 0.838. The molecule has 2 aromatic rings. The van der Waals surface area contributed by atoms with Crippen molar-refractivity contribution in [2.45, 2.75) is 52.9 Å². The molecule has 0 bridgehead atoms. The van der Waals surface area contributed by atoms with E-state index in [9.17, 15) is 4.79 Å². The van der Waals surface area contributed by atoms with Crippen LogP contribution in [0.15, 0.2) is 54.6 Å². The molecule has 0 saturated carbocycles. The van der Waals surface area contributed by atoms with Crippen molar-refractivity contribution in [2.75, 3.05) is 19.6 Å². The number of hydrogen-bond acceptors (Lipinski definition) is 4. The molecule has 2 rings (SSSR count). The lowest BCUT2D eigenvalue weighted by Crippen LogP contribution is -2.45. The van der Waals surface area contributed by atoms with Gasteiger partial charge in [0.15, 0.2) is 0 Å². The Hall–Kier alpha value is -2.53. The molecule has 0 fully saturated rings. The average Bonchev–Trinajstić information content (AvgIpc) is 2.71. The normalized spacial score (nSPS) is 12.1. The van der Waals surface area contributed by atoms with Gasteiger partial charge in [0.2, 0.25) is 0 Å².